The van der Waals surface area contributed by atoms with Gasteiger partial charge in [-0.25, -0.2) is 8.42 Å². The number of ketones is 3. The van der Waals surface area contributed by atoms with E-state index in [1.54, 1.807) is 6.92 Å². The molecule has 8 unspecified atom stereocenters. The Hall–Kier alpha value is -1.61. The second kappa shape index (κ2) is 6.19. The lowest BCUT2D eigenvalue weighted by Gasteiger charge is -2.34. The summed E-state index contributed by atoms with van der Waals surface area (Å²) in [6.45, 7) is 3.22. The van der Waals surface area contributed by atoms with Crippen molar-refractivity contribution in [3.63, 3.8) is 0 Å². The van der Waals surface area contributed by atoms with Crippen LogP contribution in [0.15, 0.2) is 0 Å². The van der Waals surface area contributed by atoms with Crippen molar-refractivity contribution < 1.29 is 37.1 Å². The normalized spacial score (nSPS) is 44.3. The molecule has 4 rings (SSSR count). The lowest BCUT2D eigenvalue weighted by atomic mass is 9.65. The number of carbonyl (C=O) groups excluding carboxylic acids is 4. The highest BCUT2D eigenvalue weighted by atomic mass is 32.2. The first-order valence-electron chi connectivity index (χ1n) is 9.66. The highest BCUT2D eigenvalue weighted by Gasteiger charge is 2.70. The molecule has 1 saturated heterocycles. The third-order valence-electron chi connectivity index (χ3n) is 6.94. The van der Waals surface area contributed by atoms with Crippen molar-refractivity contribution in [1.82, 2.24) is 0 Å². The molecule has 0 aromatic rings. The Balaban J connectivity index is 1.57. The predicted molar refractivity (Wildman–Crippen MR) is 94.9 cm³/mol. The van der Waals surface area contributed by atoms with Gasteiger partial charge in [-0.1, -0.05) is 0 Å². The molecule has 4 fully saturated rings. The van der Waals surface area contributed by atoms with Crippen molar-refractivity contribution in [1.29, 1.82) is 0 Å². The van der Waals surface area contributed by atoms with E-state index in [4.69, 9.17) is 9.47 Å². The van der Waals surface area contributed by atoms with E-state index in [1.807, 2.05) is 0 Å². The Morgan fingerprint density at radius 2 is 1.89 bits per heavy atom. The van der Waals surface area contributed by atoms with Gasteiger partial charge in [-0.3, -0.25) is 19.2 Å². The molecule has 0 N–H and O–H groups in total. The molecule has 0 aromatic heterocycles. The van der Waals surface area contributed by atoms with E-state index in [1.165, 1.54) is 6.92 Å². The molecule has 8 atom stereocenters. The molecule has 4 aliphatic rings. The van der Waals surface area contributed by atoms with E-state index in [0.29, 0.717) is 6.42 Å². The maximum atomic E-state index is 13.2. The van der Waals surface area contributed by atoms with Crippen molar-refractivity contribution >= 4 is 33.2 Å². The van der Waals surface area contributed by atoms with Gasteiger partial charge in [0.15, 0.2) is 27.2 Å². The molecule has 3 saturated carbocycles. The van der Waals surface area contributed by atoms with E-state index < -0.39 is 79.7 Å². The largest absolute Gasteiger partial charge is 0.465 e. The van der Waals surface area contributed by atoms with Crippen LogP contribution >= 0.6 is 0 Å². The van der Waals surface area contributed by atoms with E-state index in [2.05, 4.69) is 0 Å². The highest BCUT2D eigenvalue weighted by Crippen LogP contribution is 2.59. The molecule has 1 heterocycles. The smallest absolute Gasteiger partial charge is 0.319 e. The minimum atomic E-state index is -3.30. The van der Waals surface area contributed by atoms with E-state index >= 15 is 0 Å². The van der Waals surface area contributed by atoms with Crippen LogP contribution in [-0.4, -0.2) is 62.1 Å². The molecular weight excluding hydrogens is 388 g/mol. The second-order valence-electron chi connectivity index (χ2n) is 8.59. The number of hydrogen-bond donors (Lipinski definition) is 0. The van der Waals surface area contributed by atoms with Crippen LogP contribution in [0.2, 0.25) is 0 Å². The molecule has 0 bridgehead atoms. The minimum absolute atomic E-state index is 0.110. The van der Waals surface area contributed by atoms with Gasteiger partial charge in [0.1, 0.15) is 17.4 Å². The van der Waals surface area contributed by atoms with Gasteiger partial charge >= 0.3 is 5.97 Å². The maximum Gasteiger partial charge on any atom is 0.319 e. The van der Waals surface area contributed by atoms with Crippen molar-refractivity contribution in [3.05, 3.63) is 0 Å². The minimum Gasteiger partial charge on any atom is -0.465 e. The average Bonchev–Trinajstić information content (AvgIpc) is 3.51. The molecular formula is C19H24O8S. The van der Waals surface area contributed by atoms with E-state index in [9.17, 15) is 27.6 Å². The number of carbonyl (C=O) groups is 4. The predicted octanol–water partition coefficient (Wildman–Crippen LogP) is 0.120. The molecule has 9 heteroatoms. The Kier molecular flexibility index (Phi) is 4.36. The summed E-state index contributed by atoms with van der Waals surface area (Å²) >= 11 is 0. The van der Waals surface area contributed by atoms with Crippen molar-refractivity contribution in [2.24, 2.45) is 29.1 Å². The van der Waals surface area contributed by atoms with Gasteiger partial charge in [0.25, 0.3) is 0 Å². The standard InChI is InChI=1S/C19H24O8S/c1-4-26-18(23)19(2)10-7-9(10)14(21)12(17(19)22)13(20)8-5-6-11(28(3,24)25)16-15(8)27-16/h8-12,15-16H,4-7H2,1-3H3. The molecule has 3 aliphatic carbocycles. The lowest BCUT2D eigenvalue weighted by Crippen LogP contribution is -2.54. The number of Topliss-reactive ketones (excluding diaryl/α,β-unsaturated/α-hetero) is 3. The summed E-state index contributed by atoms with van der Waals surface area (Å²) in [6.07, 6.45) is 0.924. The summed E-state index contributed by atoms with van der Waals surface area (Å²) in [6, 6.07) is 0. The number of epoxide rings is 1. The quantitative estimate of drug-likeness (QED) is 0.354. The van der Waals surface area contributed by atoms with E-state index in [0.717, 1.165) is 6.26 Å². The zero-order valence-electron chi connectivity index (χ0n) is 16.0. The fraction of sp³-hybridized carbons (Fsp3) is 0.789. The van der Waals surface area contributed by atoms with Gasteiger partial charge in [0.2, 0.25) is 0 Å². The van der Waals surface area contributed by atoms with Crippen molar-refractivity contribution in [2.45, 2.75) is 50.6 Å². The van der Waals surface area contributed by atoms with Gasteiger partial charge in [-0.05, 0) is 39.0 Å². The van der Waals surface area contributed by atoms with Crippen LogP contribution in [0.1, 0.15) is 33.1 Å². The molecule has 0 aromatic carbocycles. The monoisotopic (exact) mass is 412 g/mol. The first-order chi connectivity index (χ1) is 13.0. The Labute approximate surface area is 163 Å². The zero-order chi connectivity index (χ0) is 20.6. The van der Waals surface area contributed by atoms with Gasteiger partial charge in [0.05, 0.1) is 18.0 Å². The number of hydrogen-bond acceptors (Lipinski definition) is 8. The topological polar surface area (TPSA) is 124 Å². The summed E-state index contributed by atoms with van der Waals surface area (Å²) in [5.41, 5.74) is -1.48. The van der Waals surface area contributed by atoms with Crippen LogP contribution in [0.3, 0.4) is 0 Å². The number of rotatable bonds is 5. The third-order valence-corrected chi connectivity index (χ3v) is 8.55. The highest BCUT2D eigenvalue weighted by molar-refractivity contribution is 7.91. The third kappa shape index (κ3) is 2.69. The number of esters is 1. The SMILES string of the molecule is CCOC(=O)C1(C)C(=O)C(C(=O)C2CCC(S(C)(=O)=O)C3OC23)C(=O)C2CC21. The fourth-order valence-corrected chi connectivity index (χ4v) is 6.45. The summed E-state index contributed by atoms with van der Waals surface area (Å²) in [5.74, 6) is -5.35. The fourth-order valence-electron chi connectivity index (χ4n) is 5.18. The molecule has 0 amide bonds. The molecule has 154 valence electrons. The van der Waals surface area contributed by atoms with Crippen LogP contribution in [0.25, 0.3) is 0 Å². The maximum absolute atomic E-state index is 13.2. The molecule has 28 heavy (non-hydrogen) atoms. The average molecular weight is 412 g/mol. The van der Waals surface area contributed by atoms with Gasteiger partial charge in [0, 0.05) is 18.1 Å². The van der Waals surface area contributed by atoms with Crippen LogP contribution in [-0.2, 0) is 38.5 Å². The van der Waals surface area contributed by atoms with Gasteiger partial charge in [-0.2, -0.15) is 0 Å². The van der Waals surface area contributed by atoms with Crippen LogP contribution in [0, 0.1) is 29.1 Å². The summed E-state index contributed by atoms with van der Waals surface area (Å²) in [7, 11) is -3.30. The first-order valence-corrected chi connectivity index (χ1v) is 11.6. The Morgan fingerprint density at radius 3 is 2.50 bits per heavy atom. The molecule has 0 spiro atoms. The number of sulfone groups is 1. The second-order valence-corrected chi connectivity index (χ2v) is 10.9. The van der Waals surface area contributed by atoms with Crippen molar-refractivity contribution in [3.8, 4) is 0 Å². The molecule has 1 aliphatic heterocycles. The molecule has 8 nitrogen and oxygen atoms in total. The lowest BCUT2D eigenvalue weighted by molar-refractivity contribution is -0.166. The van der Waals surface area contributed by atoms with Crippen LogP contribution in [0.4, 0.5) is 0 Å². The first kappa shape index (κ1) is 19.7. The zero-order valence-corrected chi connectivity index (χ0v) is 16.9. The molecule has 0 radical (unpaired) electrons. The van der Waals surface area contributed by atoms with Crippen molar-refractivity contribution in [2.75, 3.05) is 12.9 Å². The summed E-state index contributed by atoms with van der Waals surface area (Å²) < 4.78 is 34.2. The Morgan fingerprint density at radius 1 is 1.21 bits per heavy atom. The summed E-state index contributed by atoms with van der Waals surface area (Å²) in [5, 5.41) is -0.656. The Bertz CT molecular complexity index is 876. The van der Waals surface area contributed by atoms with Gasteiger partial charge in [-0.15, -0.1) is 0 Å². The van der Waals surface area contributed by atoms with Gasteiger partial charge < -0.3 is 9.47 Å². The number of ether oxygens (including phenoxy) is 2. The number of fused-ring (bicyclic) bond motifs is 2. The van der Waals surface area contributed by atoms with Crippen LogP contribution < -0.4 is 0 Å². The van der Waals surface area contributed by atoms with Crippen LogP contribution in [0.5, 0.6) is 0 Å². The summed E-state index contributed by atoms with van der Waals surface area (Å²) in [4.78, 5) is 51.6. The van der Waals surface area contributed by atoms with E-state index in [-0.39, 0.29) is 19.4 Å².